The number of amides is 2. The van der Waals surface area contributed by atoms with Gasteiger partial charge in [-0.3, -0.25) is 13.9 Å². The van der Waals surface area contributed by atoms with Crippen LogP contribution in [0.3, 0.4) is 0 Å². The molecule has 3 aromatic carbocycles. The maximum atomic E-state index is 14.2. The Bertz CT molecular complexity index is 1470. The standard InChI is InChI=1S/C32H38BrN3O5S/c1-4-30(32(38)34-26-9-5-6-10-26)35(21-24-14-16-28(41-3)17-15-24)31(37)22-36(27-11-7-8-25(33)20-27)42(39,40)29-18-12-23(2)13-19-29/h7-8,11-20,26,30H,4-6,9-10,21-22H2,1-3H3,(H,34,38)/t30-/m0/s1. The summed E-state index contributed by atoms with van der Waals surface area (Å²) in [6.45, 7) is 3.40. The van der Waals surface area contributed by atoms with Crippen molar-refractivity contribution in [2.24, 2.45) is 0 Å². The molecule has 42 heavy (non-hydrogen) atoms. The van der Waals surface area contributed by atoms with E-state index in [1.165, 1.54) is 4.90 Å². The second-order valence-corrected chi connectivity index (χ2v) is 13.4. The molecule has 1 aliphatic rings. The SMILES string of the molecule is CC[C@@H](C(=O)NC1CCCC1)N(Cc1ccc(OC)cc1)C(=O)CN(c1cccc(Br)c1)S(=O)(=O)c1ccc(C)cc1. The number of hydrogen-bond donors (Lipinski definition) is 1. The molecule has 0 unspecified atom stereocenters. The number of rotatable bonds is 12. The van der Waals surface area contributed by atoms with Crippen LogP contribution >= 0.6 is 15.9 Å². The van der Waals surface area contributed by atoms with Crippen LogP contribution in [0.4, 0.5) is 5.69 Å². The van der Waals surface area contributed by atoms with Crippen molar-refractivity contribution in [2.75, 3.05) is 18.0 Å². The molecule has 0 saturated heterocycles. The number of nitrogens with one attached hydrogen (secondary N) is 1. The fourth-order valence-corrected chi connectivity index (χ4v) is 7.01. The summed E-state index contributed by atoms with van der Waals surface area (Å²) in [6.07, 6.45) is 4.34. The summed E-state index contributed by atoms with van der Waals surface area (Å²) in [4.78, 5) is 29.4. The molecule has 1 fully saturated rings. The minimum Gasteiger partial charge on any atom is -0.497 e. The average Bonchev–Trinajstić information content (AvgIpc) is 3.49. The van der Waals surface area contributed by atoms with Gasteiger partial charge in [-0.25, -0.2) is 8.42 Å². The van der Waals surface area contributed by atoms with Crippen molar-refractivity contribution in [1.82, 2.24) is 10.2 Å². The summed E-state index contributed by atoms with van der Waals surface area (Å²) in [7, 11) is -2.54. The Morgan fingerprint density at radius 1 is 1.02 bits per heavy atom. The molecule has 0 radical (unpaired) electrons. The first-order valence-corrected chi connectivity index (χ1v) is 16.4. The van der Waals surface area contributed by atoms with Gasteiger partial charge in [-0.2, -0.15) is 0 Å². The first-order valence-electron chi connectivity index (χ1n) is 14.2. The second-order valence-electron chi connectivity index (χ2n) is 10.6. The van der Waals surface area contributed by atoms with Crippen molar-refractivity contribution in [3.63, 3.8) is 0 Å². The highest BCUT2D eigenvalue weighted by Crippen LogP contribution is 2.28. The second kappa shape index (κ2) is 14.2. The highest BCUT2D eigenvalue weighted by Gasteiger charge is 2.34. The van der Waals surface area contributed by atoms with E-state index in [4.69, 9.17) is 4.74 Å². The van der Waals surface area contributed by atoms with Gasteiger partial charge < -0.3 is 15.0 Å². The summed E-state index contributed by atoms with van der Waals surface area (Å²) in [5, 5.41) is 3.13. The smallest absolute Gasteiger partial charge is 0.264 e. The highest BCUT2D eigenvalue weighted by atomic mass is 79.9. The van der Waals surface area contributed by atoms with Gasteiger partial charge in [0, 0.05) is 17.1 Å². The third-order valence-corrected chi connectivity index (χ3v) is 9.86. The van der Waals surface area contributed by atoms with Gasteiger partial charge in [0.05, 0.1) is 17.7 Å². The zero-order chi connectivity index (χ0) is 30.3. The van der Waals surface area contributed by atoms with Gasteiger partial charge in [0.2, 0.25) is 11.8 Å². The Morgan fingerprint density at radius 2 is 1.69 bits per heavy atom. The molecular formula is C32H38BrN3O5S. The minimum atomic E-state index is -4.12. The van der Waals surface area contributed by atoms with E-state index >= 15 is 0 Å². The van der Waals surface area contributed by atoms with Crippen LogP contribution in [-0.4, -0.2) is 50.9 Å². The largest absolute Gasteiger partial charge is 0.497 e. The first kappa shape index (κ1) is 31.6. The van der Waals surface area contributed by atoms with E-state index in [2.05, 4.69) is 21.2 Å². The van der Waals surface area contributed by atoms with Crippen molar-refractivity contribution < 1.29 is 22.7 Å². The van der Waals surface area contributed by atoms with Crippen LogP contribution in [0, 0.1) is 6.92 Å². The molecular weight excluding hydrogens is 618 g/mol. The van der Waals surface area contributed by atoms with Crippen LogP contribution in [0.25, 0.3) is 0 Å². The number of halogens is 1. The van der Waals surface area contributed by atoms with Crippen LogP contribution < -0.4 is 14.4 Å². The molecule has 4 rings (SSSR count). The normalized spacial score (nSPS) is 14.3. The van der Waals surface area contributed by atoms with E-state index in [0.29, 0.717) is 22.3 Å². The first-order chi connectivity index (χ1) is 20.1. The van der Waals surface area contributed by atoms with E-state index < -0.39 is 28.5 Å². The number of benzene rings is 3. The number of nitrogens with zero attached hydrogens (tertiary/aromatic N) is 2. The van der Waals surface area contributed by atoms with Crippen molar-refractivity contribution >= 4 is 43.5 Å². The molecule has 0 bridgehead atoms. The number of aryl methyl sites for hydroxylation is 1. The number of carbonyl (C=O) groups excluding carboxylic acids is 2. The predicted octanol–water partition coefficient (Wildman–Crippen LogP) is 5.83. The van der Waals surface area contributed by atoms with E-state index in [9.17, 15) is 18.0 Å². The molecule has 1 saturated carbocycles. The van der Waals surface area contributed by atoms with E-state index in [0.717, 1.165) is 41.1 Å². The third-order valence-electron chi connectivity index (χ3n) is 7.58. The lowest BCUT2D eigenvalue weighted by molar-refractivity contribution is -0.140. The molecule has 0 aliphatic heterocycles. The molecule has 2 amide bonds. The molecule has 10 heteroatoms. The molecule has 3 aromatic rings. The topological polar surface area (TPSA) is 96.0 Å². The van der Waals surface area contributed by atoms with E-state index in [1.54, 1.807) is 67.8 Å². The average molecular weight is 657 g/mol. The van der Waals surface area contributed by atoms with Crippen LogP contribution in [-0.2, 0) is 26.2 Å². The number of methoxy groups -OCH3 is 1. The van der Waals surface area contributed by atoms with Gasteiger partial charge in [0.15, 0.2) is 0 Å². The molecule has 8 nitrogen and oxygen atoms in total. The lowest BCUT2D eigenvalue weighted by Gasteiger charge is -2.34. The zero-order valence-corrected chi connectivity index (χ0v) is 26.7. The maximum absolute atomic E-state index is 14.2. The Balaban J connectivity index is 1.71. The third kappa shape index (κ3) is 7.72. The summed E-state index contributed by atoms with van der Waals surface area (Å²) in [5.74, 6) is -0.0239. The summed E-state index contributed by atoms with van der Waals surface area (Å²) < 4.78 is 35.1. The minimum absolute atomic E-state index is 0.0774. The van der Waals surface area contributed by atoms with Crippen molar-refractivity contribution in [3.05, 3.63) is 88.4 Å². The van der Waals surface area contributed by atoms with Gasteiger partial charge >= 0.3 is 0 Å². The Morgan fingerprint density at radius 3 is 2.29 bits per heavy atom. The lowest BCUT2D eigenvalue weighted by Crippen LogP contribution is -2.53. The maximum Gasteiger partial charge on any atom is 0.264 e. The Labute approximate surface area is 257 Å². The fraction of sp³-hybridized carbons (Fsp3) is 0.375. The van der Waals surface area contributed by atoms with Gasteiger partial charge in [-0.15, -0.1) is 0 Å². The summed E-state index contributed by atoms with van der Waals surface area (Å²) in [6, 6.07) is 20.0. The predicted molar refractivity (Wildman–Crippen MR) is 168 cm³/mol. The monoisotopic (exact) mass is 655 g/mol. The van der Waals surface area contributed by atoms with Crippen molar-refractivity contribution in [3.8, 4) is 5.75 Å². The van der Waals surface area contributed by atoms with Gasteiger partial charge in [-0.05, 0) is 74.2 Å². The van der Waals surface area contributed by atoms with Gasteiger partial charge in [0.25, 0.3) is 10.0 Å². The van der Waals surface area contributed by atoms with Crippen LogP contribution in [0.5, 0.6) is 5.75 Å². The number of ether oxygens (including phenoxy) is 1. The van der Waals surface area contributed by atoms with E-state index in [-0.39, 0.29) is 23.4 Å². The molecule has 0 aromatic heterocycles. The summed E-state index contributed by atoms with van der Waals surface area (Å²) >= 11 is 3.43. The van der Waals surface area contributed by atoms with Crippen LogP contribution in [0.2, 0.25) is 0 Å². The number of anilines is 1. The molecule has 224 valence electrons. The van der Waals surface area contributed by atoms with Crippen LogP contribution in [0.15, 0.2) is 82.2 Å². The van der Waals surface area contributed by atoms with E-state index in [1.807, 2.05) is 26.0 Å². The molecule has 1 aliphatic carbocycles. The van der Waals surface area contributed by atoms with Crippen molar-refractivity contribution in [2.45, 2.75) is 69.5 Å². The number of sulfonamides is 1. The fourth-order valence-electron chi connectivity index (χ4n) is 5.21. The van der Waals surface area contributed by atoms with Gasteiger partial charge in [-0.1, -0.05) is 71.6 Å². The van der Waals surface area contributed by atoms with Gasteiger partial charge in [0.1, 0.15) is 18.3 Å². The Hall–Kier alpha value is -3.37. The number of hydrogen-bond acceptors (Lipinski definition) is 5. The van der Waals surface area contributed by atoms with Crippen LogP contribution in [0.1, 0.15) is 50.2 Å². The molecule has 0 spiro atoms. The zero-order valence-electron chi connectivity index (χ0n) is 24.3. The van der Waals surface area contributed by atoms with Crippen molar-refractivity contribution in [1.29, 1.82) is 0 Å². The summed E-state index contributed by atoms with van der Waals surface area (Å²) in [5.41, 5.74) is 2.06. The number of carbonyl (C=O) groups is 2. The Kier molecular flexibility index (Phi) is 10.7. The molecule has 1 N–H and O–H groups in total. The lowest BCUT2D eigenvalue weighted by atomic mass is 10.1. The molecule has 0 heterocycles. The molecule has 1 atom stereocenters. The quantitative estimate of drug-likeness (QED) is 0.265. The highest BCUT2D eigenvalue weighted by molar-refractivity contribution is 9.10.